The highest BCUT2D eigenvalue weighted by atomic mass is 19.4. The molecule has 9 nitrogen and oxygen atoms in total. The van der Waals surface area contributed by atoms with Crippen LogP contribution in [0.2, 0.25) is 0 Å². The van der Waals surface area contributed by atoms with Gasteiger partial charge in [0.1, 0.15) is 5.60 Å². The van der Waals surface area contributed by atoms with Gasteiger partial charge in [0.2, 0.25) is 0 Å². The minimum atomic E-state index is -5.29. The largest absolute Gasteiger partial charge is 0.490 e. The third-order valence-corrected chi connectivity index (χ3v) is 8.15. The van der Waals surface area contributed by atoms with Crippen LogP contribution in [0.3, 0.4) is 0 Å². The van der Waals surface area contributed by atoms with E-state index in [9.17, 15) is 27.6 Å². The number of rotatable bonds is 8. The number of alkyl halides is 3. The number of aliphatic imine (C=N–C) groups is 1. The van der Waals surface area contributed by atoms with Crippen LogP contribution in [-0.4, -0.2) is 61.7 Å². The number of esters is 2. The summed E-state index contributed by atoms with van der Waals surface area (Å²) < 4.78 is 64.5. The Morgan fingerprint density at radius 2 is 1.60 bits per heavy atom. The van der Waals surface area contributed by atoms with Crippen LogP contribution in [-0.2, 0) is 33.7 Å². The molecule has 3 aromatic carbocycles. The lowest BCUT2D eigenvalue weighted by Gasteiger charge is -2.32. The molecule has 3 aromatic rings. The third-order valence-electron chi connectivity index (χ3n) is 8.15. The van der Waals surface area contributed by atoms with Crippen LogP contribution in [0.5, 0.6) is 11.5 Å². The zero-order valence-corrected chi connectivity index (χ0v) is 27.8. The van der Waals surface area contributed by atoms with E-state index in [4.69, 9.17) is 23.9 Å². The second-order valence-electron chi connectivity index (χ2n) is 12.9. The fraction of sp³-hybridized carbons (Fsp3) is 0.389. The topological polar surface area (TPSA) is 104 Å². The minimum Gasteiger partial charge on any atom is -0.490 e. The number of fused-ring (bicyclic) bond motifs is 3. The molecule has 48 heavy (non-hydrogen) atoms. The van der Waals surface area contributed by atoms with Crippen LogP contribution < -0.4 is 14.4 Å². The molecule has 0 fully saturated rings. The Bertz CT molecular complexity index is 1810. The first-order valence-electron chi connectivity index (χ1n) is 15.4. The molecule has 0 aliphatic carbocycles. The molecule has 0 radical (unpaired) electrons. The van der Waals surface area contributed by atoms with Crippen LogP contribution in [0.25, 0.3) is 0 Å². The van der Waals surface area contributed by atoms with E-state index in [0.717, 1.165) is 23.8 Å². The monoisotopic (exact) mass is 666 g/mol. The van der Waals surface area contributed by atoms with Gasteiger partial charge < -0.3 is 18.9 Å². The van der Waals surface area contributed by atoms with Crippen molar-refractivity contribution < 1.29 is 46.5 Å². The van der Waals surface area contributed by atoms with Gasteiger partial charge in [-0.05, 0) is 82.5 Å². The average Bonchev–Trinajstić information content (AvgIpc) is 3.36. The first-order chi connectivity index (χ1) is 22.5. The zero-order valence-electron chi connectivity index (χ0n) is 27.8. The molecule has 254 valence electrons. The van der Waals surface area contributed by atoms with Crippen molar-refractivity contribution in [3.63, 3.8) is 0 Å². The molecule has 0 N–H and O–H groups in total. The van der Waals surface area contributed by atoms with Crippen molar-refractivity contribution in [2.75, 3.05) is 25.7 Å². The Morgan fingerprint density at radius 1 is 0.938 bits per heavy atom. The maximum atomic E-state index is 14.2. The Balaban J connectivity index is 1.71. The van der Waals surface area contributed by atoms with E-state index in [1.165, 1.54) is 43.5 Å². The van der Waals surface area contributed by atoms with E-state index < -0.39 is 41.7 Å². The zero-order chi connectivity index (χ0) is 35.2. The normalized spacial score (nSPS) is 15.8. The van der Waals surface area contributed by atoms with Crippen LogP contribution in [0.1, 0.15) is 83.2 Å². The smallest absolute Gasteiger partial charge is 0.471 e. The maximum Gasteiger partial charge on any atom is 0.471 e. The molecule has 0 atom stereocenters. The highest BCUT2D eigenvalue weighted by Gasteiger charge is 2.45. The predicted octanol–water partition coefficient (Wildman–Crippen LogP) is 6.64. The quantitative estimate of drug-likeness (QED) is 0.249. The van der Waals surface area contributed by atoms with Gasteiger partial charge >= 0.3 is 24.0 Å². The van der Waals surface area contributed by atoms with Gasteiger partial charge in [-0.15, -0.1) is 0 Å². The lowest BCUT2D eigenvalue weighted by molar-refractivity contribution is -0.170. The first-order valence-corrected chi connectivity index (χ1v) is 15.4. The number of ether oxygens (including phenoxy) is 4. The van der Waals surface area contributed by atoms with E-state index in [-0.39, 0.29) is 22.4 Å². The number of nitrogens with zero attached hydrogens (tertiary/aromatic N) is 2. The lowest BCUT2D eigenvalue weighted by atomic mass is 9.80. The number of anilines is 1. The standard InChI is InChI=1S/C36H37F3N2O7/c1-8-47-27-16-23-17-34(2,3)40-29(28(23)25-18-35(4,5)48-30(25)27)22-13-14-24(32(43)46-7)26(15-22)41(33(44)36(37,38)39)19-20-9-11-21(12-10-20)31(42)45-6/h9-16H,8,17-19H2,1-7H3. The number of carbonyl (C=O) groups excluding carboxylic acids is 3. The van der Waals surface area contributed by atoms with Gasteiger partial charge in [0.15, 0.2) is 11.5 Å². The molecule has 0 unspecified atom stereocenters. The Labute approximate surface area is 276 Å². The highest BCUT2D eigenvalue weighted by Crippen LogP contribution is 2.48. The van der Waals surface area contributed by atoms with Crippen molar-refractivity contribution in [2.45, 2.75) is 71.3 Å². The van der Waals surface area contributed by atoms with Crippen LogP contribution in [0.15, 0.2) is 53.5 Å². The lowest BCUT2D eigenvalue weighted by Crippen LogP contribution is -2.41. The Morgan fingerprint density at radius 3 is 2.21 bits per heavy atom. The first kappa shape index (κ1) is 34.5. The van der Waals surface area contributed by atoms with Crippen LogP contribution >= 0.6 is 0 Å². The Kier molecular flexibility index (Phi) is 9.07. The van der Waals surface area contributed by atoms with E-state index in [1.807, 2.05) is 40.7 Å². The molecule has 2 heterocycles. The summed E-state index contributed by atoms with van der Waals surface area (Å²) in [4.78, 5) is 43.5. The van der Waals surface area contributed by atoms with Gasteiger partial charge in [-0.2, -0.15) is 13.2 Å². The van der Waals surface area contributed by atoms with Gasteiger partial charge in [0.25, 0.3) is 0 Å². The summed E-state index contributed by atoms with van der Waals surface area (Å²) in [5, 5.41) is 0. The van der Waals surface area contributed by atoms with Gasteiger partial charge in [-0.25, -0.2) is 9.59 Å². The van der Waals surface area contributed by atoms with E-state index in [0.29, 0.717) is 47.1 Å². The predicted molar refractivity (Wildman–Crippen MR) is 172 cm³/mol. The number of hydrogen-bond donors (Lipinski definition) is 0. The van der Waals surface area contributed by atoms with Crippen molar-refractivity contribution in [2.24, 2.45) is 4.99 Å². The van der Waals surface area contributed by atoms with E-state index in [2.05, 4.69) is 0 Å². The molecule has 2 aliphatic rings. The number of methoxy groups -OCH3 is 2. The van der Waals surface area contributed by atoms with E-state index >= 15 is 0 Å². The fourth-order valence-corrected chi connectivity index (χ4v) is 6.19. The molecule has 0 bridgehead atoms. The molecule has 0 saturated carbocycles. The van der Waals surface area contributed by atoms with E-state index in [1.54, 1.807) is 6.07 Å². The van der Waals surface area contributed by atoms with Gasteiger partial charge in [0.05, 0.1) is 55.4 Å². The van der Waals surface area contributed by atoms with Crippen LogP contribution in [0.4, 0.5) is 18.9 Å². The maximum absolute atomic E-state index is 14.2. The summed E-state index contributed by atoms with van der Waals surface area (Å²) in [6.07, 6.45) is -4.20. The average molecular weight is 667 g/mol. The number of carbonyl (C=O) groups is 3. The van der Waals surface area contributed by atoms with Crippen molar-refractivity contribution in [3.05, 3.63) is 87.5 Å². The molecular formula is C36H37F3N2O7. The summed E-state index contributed by atoms with van der Waals surface area (Å²) in [5.41, 5.74) is 2.17. The molecule has 5 rings (SSSR count). The number of halogens is 3. The molecule has 0 spiro atoms. The molecule has 12 heteroatoms. The number of amides is 1. The summed E-state index contributed by atoms with van der Waals surface area (Å²) >= 11 is 0. The van der Waals surface area contributed by atoms with Crippen molar-refractivity contribution >= 4 is 29.2 Å². The summed E-state index contributed by atoms with van der Waals surface area (Å²) in [6.45, 7) is 9.55. The fourth-order valence-electron chi connectivity index (χ4n) is 6.19. The third kappa shape index (κ3) is 6.74. The van der Waals surface area contributed by atoms with Crippen molar-refractivity contribution in [1.82, 2.24) is 0 Å². The Hall–Kier alpha value is -4.87. The second kappa shape index (κ2) is 12.6. The van der Waals surface area contributed by atoms with Crippen LogP contribution in [0, 0.1) is 0 Å². The second-order valence-corrected chi connectivity index (χ2v) is 12.9. The highest BCUT2D eigenvalue weighted by molar-refractivity contribution is 6.17. The van der Waals surface area contributed by atoms with Crippen molar-refractivity contribution in [1.29, 1.82) is 0 Å². The van der Waals surface area contributed by atoms with Crippen molar-refractivity contribution in [3.8, 4) is 11.5 Å². The molecule has 0 saturated heterocycles. The molecule has 2 aliphatic heterocycles. The van der Waals surface area contributed by atoms with Gasteiger partial charge in [0, 0.05) is 23.1 Å². The molecule has 1 amide bonds. The molecule has 0 aromatic heterocycles. The number of hydrogen-bond acceptors (Lipinski definition) is 8. The minimum absolute atomic E-state index is 0.177. The molecular weight excluding hydrogens is 629 g/mol. The summed E-state index contributed by atoms with van der Waals surface area (Å²) in [5.74, 6) is -2.55. The summed E-state index contributed by atoms with van der Waals surface area (Å²) in [6, 6.07) is 11.8. The summed E-state index contributed by atoms with van der Waals surface area (Å²) in [7, 11) is 2.31. The van der Waals surface area contributed by atoms with Gasteiger partial charge in [-0.1, -0.05) is 18.2 Å². The number of benzene rings is 3. The SMILES string of the molecule is CCOc1cc2c(c3c1OC(C)(C)C3)C(c1ccc(C(=O)OC)c(N(Cc3ccc(C(=O)OC)cc3)C(=O)C(F)(F)F)c1)=NC(C)(C)C2. The van der Waals surface area contributed by atoms with Gasteiger partial charge in [-0.3, -0.25) is 14.7 Å².